The Hall–Kier alpha value is -2.42. The molecule has 1 aliphatic heterocycles. The van der Waals surface area contributed by atoms with Crippen LogP contribution in [0, 0.1) is 6.92 Å². The molecule has 7 nitrogen and oxygen atoms in total. The molecule has 1 aliphatic rings. The topological polar surface area (TPSA) is 67.2 Å². The second-order valence-corrected chi connectivity index (χ2v) is 8.93. The molecule has 0 radical (unpaired) electrons. The van der Waals surface area contributed by atoms with Gasteiger partial charge < -0.3 is 9.14 Å². The van der Waals surface area contributed by atoms with E-state index in [1.165, 1.54) is 0 Å². The van der Waals surface area contributed by atoms with Crippen LogP contribution in [0.15, 0.2) is 53.7 Å². The van der Waals surface area contributed by atoms with Crippen LogP contribution < -0.4 is 4.74 Å². The van der Waals surface area contributed by atoms with Crippen molar-refractivity contribution in [2.45, 2.75) is 18.4 Å². The van der Waals surface area contributed by atoms with Gasteiger partial charge in [-0.05, 0) is 42.8 Å². The number of nitrogens with zero attached hydrogens (tertiary/aromatic N) is 4. The van der Waals surface area contributed by atoms with Gasteiger partial charge in [0.25, 0.3) is 0 Å². The van der Waals surface area contributed by atoms with Crippen LogP contribution in [0.5, 0.6) is 5.75 Å². The Labute approximate surface area is 165 Å². The summed E-state index contributed by atoms with van der Waals surface area (Å²) in [6.07, 6.45) is 3.89. The highest BCUT2D eigenvalue weighted by Gasteiger charge is 2.29. The zero-order valence-electron chi connectivity index (χ0n) is 16.1. The second-order valence-electron chi connectivity index (χ2n) is 6.99. The molecule has 0 N–H and O–H groups in total. The van der Waals surface area contributed by atoms with Crippen molar-refractivity contribution in [3.05, 3.63) is 60.0 Å². The lowest BCUT2D eigenvalue weighted by molar-refractivity contribution is 0.179. The molecule has 3 heterocycles. The summed E-state index contributed by atoms with van der Waals surface area (Å²) in [6, 6.07) is 10.9. The van der Waals surface area contributed by atoms with E-state index in [1.54, 1.807) is 29.6 Å². The summed E-state index contributed by atoms with van der Waals surface area (Å²) in [5.74, 6) is 0.691. The van der Waals surface area contributed by atoms with Crippen LogP contribution >= 0.6 is 0 Å². The van der Waals surface area contributed by atoms with Gasteiger partial charge in [0.1, 0.15) is 11.4 Å². The zero-order valence-corrected chi connectivity index (χ0v) is 16.9. The maximum Gasteiger partial charge on any atom is 0.243 e. The smallest absolute Gasteiger partial charge is 0.243 e. The van der Waals surface area contributed by atoms with Crippen LogP contribution in [-0.2, 0) is 16.6 Å². The number of fused-ring (bicyclic) bond motifs is 1. The summed E-state index contributed by atoms with van der Waals surface area (Å²) < 4.78 is 34.9. The normalized spacial score (nSPS) is 16.5. The molecule has 8 heteroatoms. The molecule has 1 aromatic carbocycles. The van der Waals surface area contributed by atoms with Crippen molar-refractivity contribution in [3.8, 4) is 5.75 Å². The van der Waals surface area contributed by atoms with Gasteiger partial charge >= 0.3 is 0 Å². The molecule has 0 unspecified atom stereocenters. The third kappa shape index (κ3) is 3.50. The van der Waals surface area contributed by atoms with E-state index in [1.807, 2.05) is 37.5 Å². The van der Waals surface area contributed by atoms with E-state index in [0.717, 1.165) is 23.4 Å². The Bertz CT molecular complexity index is 1090. The van der Waals surface area contributed by atoms with Crippen molar-refractivity contribution >= 4 is 15.7 Å². The molecular weight excluding hydrogens is 376 g/mol. The molecule has 4 rings (SSSR count). The quantitative estimate of drug-likeness (QED) is 0.657. The van der Waals surface area contributed by atoms with Crippen LogP contribution in [0.25, 0.3) is 5.65 Å². The third-order valence-corrected chi connectivity index (χ3v) is 7.11. The molecule has 28 heavy (non-hydrogen) atoms. The van der Waals surface area contributed by atoms with E-state index >= 15 is 0 Å². The molecule has 2 aromatic heterocycles. The summed E-state index contributed by atoms with van der Waals surface area (Å²) in [5, 5.41) is 0. The summed E-state index contributed by atoms with van der Waals surface area (Å²) in [4.78, 5) is 7.01. The van der Waals surface area contributed by atoms with E-state index in [4.69, 9.17) is 4.74 Å². The number of hydrogen-bond acceptors (Lipinski definition) is 5. The average molecular weight is 401 g/mol. The molecule has 3 aromatic rings. The number of methoxy groups -OCH3 is 1. The van der Waals surface area contributed by atoms with Gasteiger partial charge in [-0.2, -0.15) is 4.31 Å². The lowest BCUT2D eigenvalue weighted by Gasteiger charge is -2.33. The number of aryl methyl sites for hydroxylation is 1. The number of hydrogen-bond donors (Lipinski definition) is 0. The highest BCUT2D eigenvalue weighted by Crippen LogP contribution is 2.24. The van der Waals surface area contributed by atoms with E-state index < -0.39 is 10.0 Å². The van der Waals surface area contributed by atoms with Crippen molar-refractivity contribution < 1.29 is 13.2 Å². The largest absolute Gasteiger partial charge is 0.496 e. The van der Waals surface area contributed by atoms with Crippen molar-refractivity contribution in [1.82, 2.24) is 18.6 Å². The lowest BCUT2D eigenvalue weighted by Crippen LogP contribution is -2.48. The maximum absolute atomic E-state index is 13.0. The first-order valence-electron chi connectivity index (χ1n) is 9.27. The highest BCUT2D eigenvalue weighted by atomic mass is 32.2. The summed E-state index contributed by atoms with van der Waals surface area (Å²) in [6.45, 7) is 4.93. The Kier molecular flexibility index (Phi) is 5.09. The first kappa shape index (κ1) is 18.9. The maximum atomic E-state index is 13.0. The second kappa shape index (κ2) is 7.54. The Morgan fingerprint density at radius 2 is 1.89 bits per heavy atom. The zero-order chi connectivity index (χ0) is 19.7. The molecular formula is C20H24N4O3S. The minimum Gasteiger partial charge on any atom is -0.496 e. The number of imidazole rings is 1. The third-order valence-electron chi connectivity index (χ3n) is 5.21. The number of benzene rings is 1. The van der Waals surface area contributed by atoms with E-state index in [0.29, 0.717) is 36.8 Å². The number of aromatic nitrogens is 2. The number of ether oxygens (including phenoxy) is 1. The van der Waals surface area contributed by atoms with Crippen LogP contribution in [0.1, 0.15) is 11.3 Å². The highest BCUT2D eigenvalue weighted by molar-refractivity contribution is 7.89. The summed E-state index contributed by atoms with van der Waals surface area (Å²) >= 11 is 0. The van der Waals surface area contributed by atoms with Crippen molar-refractivity contribution in [1.29, 1.82) is 0 Å². The van der Waals surface area contributed by atoms with Crippen molar-refractivity contribution in [2.24, 2.45) is 0 Å². The van der Waals surface area contributed by atoms with Gasteiger partial charge in [-0.15, -0.1) is 0 Å². The molecule has 0 amide bonds. The fourth-order valence-corrected chi connectivity index (χ4v) is 5.13. The fraction of sp³-hybridized carbons (Fsp3) is 0.350. The standard InChI is InChI=1S/C20H24N4O3S/c1-16-13-18(6-7-19(16)27-2)28(25,26)23-11-9-22(10-12-23)15-17-14-21-20-5-3-4-8-24(17)20/h3-8,13-14H,9-12,15H2,1-2H3. The van der Waals surface area contributed by atoms with E-state index in [2.05, 4.69) is 14.3 Å². The Balaban J connectivity index is 1.44. The first-order chi connectivity index (χ1) is 13.5. The van der Waals surface area contributed by atoms with Crippen LogP contribution in [0.4, 0.5) is 0 Å². The Morgan fingerprint density at radius 1 is 1.11 bits per heavy atom. The number of piperazine rings is 1. The predicted molar refractivity (Wildman–Crippen MR) is 107 cm³/mol. The van der Waals surface area contributed by atoms with Gasteiger partial charge in [-0.1, -0.05) is 6.07 Å². The number of rotatable bonds is 5. The van der Waals surface area contributed by atoms with Gasteiger partial charge in [0.2, 0.25) is 10.0 Å². The fourth-order valence-electron chi connectivity index (χ4n) is 3.62. The molecule has 0 bridgehead atoms. The molecule has 148 valence electrons. The Morgan fingerprint density at radius 3 is 2.61 bits per heavy atom. The van der Waals surface area contributed by atoms with Gasteiger partial charge in [0, 0.05) is 38.9 Å². The molecule has 0 atom stereocenters. The minimum absolute atomic E-state index is 0.320. The number of pyridine rings is 1. The van der Waals surface area contributed by atoms with Gasteiger partial charge in [0.15, 0.2) is 0 Å². The molecule has 0 spiro atoms. The molecule has 1 fully saturated rings. The minimum atomic E-state index is -3.50. The van der Waals surface area contributed by atoms with E-state index in [9.17, 15) is 8.42 Å². The van der Waals surface area contributed by atoms with Gasteiger partial charge in [-0.3, -0.25) is 4.90 Å². The monoisotopic (exact) mass is 400 g/mol. The average Bonchev–Trinajstić information content (AvgIpc) is 3.11. The van der Waals surface area contributed by atoms with E-state index in [-0.39, 0.29) is 0 Å². The lowest BCUT2D eigenvalue weighted by atomic mass is 10.2. The van der Waals surface area contributed by atoms with Crippen molar-refractivity contribution in [3.63, 3.8) is 0 Å². The summed E-state index contributed by atoms with van der Waals surface area (Å²) in [7, 11) is -1.91. The van der Waals surface area contributed by atoms with Crippen LogP contribution in [0.3, 0.4) is 0 Å². The molecule has 0 aliphatic carbocycles. The molecule has 1 saturated heterocycles. The van der Waals surface area contributed by atoms with Crippen molar-refractivity contribution in [2.75, 3.05) is 33.3 Å². The molecule has 0 saturated carbocycles. The van der Waals surface area contributed by atoms with Gasteiger partial charge in [-0.25, -0.2) is 13.4 Å². The summed E-state index contributed by atoms with van der Waals surface area (Å²) in [5.41, 5.74) is 2.85. The predicted octanol–water partition coefficient (Wildman–Crippen LogP) is 2.16. The first-order valence-corrected chi connectivity index (χ1v) is 10.7. The van der Waals surface area contributed by atoms with Crippen LogP contribution in [0.2, 0.25) is 0 Å². The number of sulfonamides is 1. The van der Waals surface area contributed by atoms with Crippen LogP contribution in [-0.4, -0.2) is 60.3 Å². The SMILES string of the molecule is COc1ccc(S(=O)(=O)N2CCN(Cc3cnc4ccccn34)CC2)cc1C. The van der Waals surface area contributed by atoms with Gasteiger partial charge in [0.05, 0.1) is 23.9 Å².